The number of carbonyl (C=O) groups is 2. The molecule has 5 nitrogen and oxygen atoms in total. The largest absolute Gasteiger partial charge is 0.481 e. The molecule has 2 aliphatic rings. The maximum Gasteiger partial charge on any atom is 0.320 e. The van der Waals surface area contributed by atoms with Gasteiger partial charge in [0.2, 0.25) is 0 Å². The van der Waals surface area contributed by atoms with Crippen molar-refractivity contribution in [3.8, 4) is 0 Å². The van der Waals surface area contributed by atoms with Gasteiger partial charge in [0.15, 0.2) is 5.92 Å². The minimum Gasteiger partial charge on any atom is -0.481 e. The van der Waals surface area contributed by atoms with Crippen LogP contribution in [0, 0.1) is 5.92 Å². The Balaban J connectivity index is 1.91. The van der Waals surface area contributed by atoms with E-state index < -0.39 is 17.9 Å². The van der Waals surface area contributed by atoms with Crippen LogP contribution < -0.4 is 0 Å². The van der Waals surface area contributed by atoms with E-state index in [2.05, 4.69) is 0 Å². The summed E-state index contributed by atoms with van der Waals surface area (Å²) >= 11 is 0. The van der Waals surface area contributed by atoms with Crippen LogP contribution in [0.5, 0.6) is 0 Å². The number of rotatable bonds is 5. The van der Waals surface area contributed by atoms with E-state index >= 15 is 0 Å². The molecule has 0 aromatic heterocycles. The van der Waals surface area contributed by atoms with E-state index in [0.29, 0.717) is 0 Å². The standard InChI is InChI=1S/C15H24O5/c1-2-19-14(18)12(13(16)17)10-11-6-9-15(20-11)7-4-3-5-8-15/h11-12H,2-10H2,1H3,(H,16,17). The van der Waals surface area contributed by atoms with E-state index in [1.54, 1.807) is 6.92 Å². The van der Waals surface area contributed by atoms with E-state index in [4.69, 9.17) is 9.47 Å². The van der Waals surface area contributed by atoms with E-state index in [0.717, 1.165) is 25.7 Å². The van der Waals surface area contributed by atoms with Gasteiger partial charge in [0, 0.05) is 0 Å². The molecule has 2 atom stereocenters. The smallest absolute Gasteiger partial charge is 0.320 e. The van der Waals surface area contributed by atoms with Gasteiger partial charge >= 0.3 is 11.9 Å². The summed E-state index contributed by atoms with van der Waals surface area (Å²) in [7, 11) is 0. The molecule has 5 heteroatoms. The van der Waals surface area contributed by atoms with Gasteiger partial charge in [-0.2, -0.15) is 0 Å². The van der Waals surface area contributed by atoms with Crippen molar-refractivity contribution in [1.29, 1.82) is 0 Å². The first kappa shape index (κ1) is 15.3. The highest BCUT2D eigenvalue weighted by molar-refractivity contribution is 5.93. The van der Waals surface area contributed by atoms with Crippen molar-refractivity contribution >= 4 is 11.9 Å². The summed E-state index contributed by atoms with van der Waals surface area (Å²) in [6.45, 7) is 1.89. The molecule has 0 radical (unpaired) electrons. The number of carboxylic acids is 1. The number of carboxylic acid groups (broad SMARTS) is 1. The summed E-state index contributed by atoms with van der Waals surface area (Å²) in [5.74, 6) is -2.86. The summed E-state index contributed by atoms with van der Waals surface area (Å²) in [6.07, 6.45) is 7.72. The highest BCUT2D eigenvalue weighted by atomic mass is 16.5. The lowest BCUT2D eigenvalue weighted by Crippen LogP contribution is -2.34. The fourth-order valence-corrected chi connectivity index (χ4v) is 3.43. The zero-order chi connectivity index (χ0) is 14.6. The van der Waals surface area contributed by atoms with E-state index in [-0.39, 0.29) is 24.7 Å². The number of hydrogen-bond acceptors (Lipinski definition) is 4. The van der Waals surface area contributed by atoms with Crippen LogP contribution in [-0.4, -0.2) is 35.4 Å². The SMILES string of the molecule is CCOC(=O)C(CC1CCC2(CCCCC2)O1)C(=O)O. The van der Waals surface area contributed by atoms with Gasteiger partial charge in [0.05, 0.1) is 18.3 Å². The van der Waals surface area contributed by atoms with Gasteiger partial charge in [-0.3, -0.25) is 9.59 Å². The lowest BCUT2D eigenvalue weighted by molar-refractivity contribution is -0.161. The van der Waals surface area contributed by atoms with Crippen molar-refractivity contribution in [3.63, 3.8) is 0 Å². The molecule has 0 aromatic carbocycles. The second-order valence-corrected chi connectivity index (χ2v) is 5.90. The van der Waals surface area contributed by atoms with Crippen molar-refractivity contribution in [2.75, 3.05) is 6.61 Å². The Morgan fingerprint density at radius 3 is 2.60 bits per heavy atom. The average molecular weight is 284 g/mol. The lowest BCUT2D eigenvalue weighted by Gasteiger charge is -2.33. The molecule has 0 aromatic rings. The molecule has 114 valence electrons. The topological polar surface area (TPSA) is 72.8 Å². The monoisotopic (exact) mass is 284 g/mol. The first-order valence-corrected chi connectivity index (χ1v) is 7.63. The number of aliphatic carboxylic acids is 1. The Morgan fingerprint density at radius 2 is 2.00 bits per heavy atom. The Bertz CT molecular complexity index is 359. The molecular formula is C15H24O5. The molecular weight excluding hydrogens is 260 g/mol. The fourth-order valence-electron chi connectivity index (χ4n) is 3.43. The molecule has 0 amide bonds. The maximum absolute atomic E-state index is 11.7. The molecule has 1 spiro atoms. The molecule has 2 rings (SSSR count). The zero-order valence-electron chi connectivity index (χ0n) is 12.1. The van der Waals surface area contributed by atoms with E-state index in [1.807, 2.05) is 0 Å². The summed E-state index contributed by atoms with van der Waals surface area (Å²) in [6, 6.07) is 0. The van der Waals surface area contributed by atoms with Gasteiger partial charge in [-0.25, -0.2) is 0 Å². The molecule has 20 heavy (non-hydrogen) atoms. The van der Waals surface area contributed by atoms with Gasteiger partial charge < -0.3 is 14.6 Å². The predicted octanol–water partition coefficient (Wildman–Crippen LogP) is 2.52. The maximum atomic E-state index is 11.7. The Hall–Kier alpha value is -1.10. The number of ether oxygens (including phenoxy) is 2. The first-order chi connectivity index (χ1) is 9.56. The highest BCUT2D eigenvalue weighted by Crippen LogP contribution is 2.43. The van der Waals surface area contributed by atoms with Crippen LogP contribution in [0.1, 0.15) is 58.3 Å². The molecule has 1 aliphatic carbocycles. The highest BCUT2D eigenvalue weighted by Gasteiger charge is 2.43. The first-order valence-electron chi connectivity index (χ1n) is 7.63. The molecule has 1 heterocycles. The van der Waals surface area contributed by atoms with Crippen LogP contribution in [0.15, 0.2) is 0 Å². The Kier molecular flexibility index (Phi) is 5.02. The quantitative estimate of drug-likeness (QED) is 0.620. The van der Waals surface area contributed by atoms with Gasteiger partial charge in [-0.15, -0.1) is 0 Å². The molecule has 0 bridgehead atoms. The molecule has 1 saturated heterocycles. The Morgan fingerprint density at radius 1 is 1.30 bits per heavy atom. The van der Waals surface area contributed by atoms with Crippen LogP contribution >= 0.6 is 0 Å². The van der Waals surface area contributed by atoms with Crippen LogP contribution in [0.4, 0.5) is 0 Å². The average Bonchev–Trinajstić information content (AvgIpc) is 2.79. The van der Waals surface area contributed by atoms with E-state index in [1.165, 1.54) is 19.3 Å². The van der Waals surface area contributed by atoms with Crippen molar-refractivity contribution in [2.45, 2.75) is 70.0 Å². The summed E-state index contributed by atoms with van der Waals surface area (Å²) in [5.41, 5.74) is -0.0410. The second-order valence-electron chi connectivity index (χ2n) is 5.90. The zero-order valence-corrected chi connectivity index (χ0v) is 12.1. The summed E-state index contributed by atoms with van der Waals surface area (Å²) in [5, 5.41) is 9.18. The van der Waals surface area contributed by atoms with Crippen LogP contribution in [-0.2, 0) is 19.1 Å². The lowest BCUT2D eigenvalue weighted by atomic mass is 9.83. The number of esters is 1. The second kappa shape index (κ2) is 6.57. The number of hydrogen-bond donors (Lipinski definition) is 1. The van der Waals surface area contributed by atoms with Gasteiger partial charge in [-0.05, 0) is 39.0 Å². The van der Waals surface area contributed by atoms with Crippen molar-refractivity contribution in [2.24, 2.45) is 5.92 Å². The van der Waals surface area contributed by atoms with Crippen molar-refractivity contribution in [1.82, 2.24) is 0 Å². The molecule has 1 aliphatic heterocycles. The van der Waals surface area contributed by atoms with Crippen molar-refractivity contribution < 1.29 is 24.2 Å². The normalized spacial score (nSPS) is 26.4. The van der Waals surface area contributed by atoms with Gasteiger partial charge in [-0.1, -0.05) is 19.3 Å². The van der Waals surface area contributed by atoms with Gasteiger partial charge in [0.1, 0.15) is 0 Å². The third kappa shape index (κ3) is 3.51. The van der Waals surface area contributed by atoms with E-state index in [9.17, 15) is 14.7 Å². The third-order valence-corrected chi connectivity index (χ3v) is 4.47. The minimum atomic E-state index is -1.11. The van der Waals surface area contributed by atoms with Crippen LogP contribution in [0.25, 0.3) is 0 Å². The van der Waals surface area contributed by atoms with Crippen molar-refractivity contribution in [3.05, 3.63) is 0 Å². The Labute approximate surface area is 119 Å². The van der Waals surface area contributed by atoms with Gasteiger partial charge in [0.25, 0.3) is 0 Å². The molecule has 1 N–H and O–H groups in total. The van der Waals surface area contributed by atoms with Crippen LogP contribution in [0.2, 0.25) is 0 Å². The third-order valence-electron chi connectivity index (χ3n) is 4.47. The molecule has 2 fully saturated rings. The summed E-state index contributed by atoms with van der Waals surface area (Å²) < 4.78 is 11.0. The predicted molar refractivity (Wildman–Crippen MR) is 72.3 cm³/mol. The molecule has 1 saturated carbocycles. The summed E-state index contributed by atoms with van der Waals surface area (Å²) in [4.78, 5) is 22.9. The van der Waals surface area contributed by atoms with Crippen LogP contribution in [0.3, 0.4) is 0 Å². The minimum absolute atomic E-state index is 0.0410. The molecule has 2 unspecified atom stereocenters. The number of carbonyl (C=O) groups excluding carboxylic acids is 1. The fraction of sp³-hybridized carbons (Fsp3) is 0.867.